The number of hydrazone groups is 1. The molecule has 0 bridgehead atoms. The predicted molar refractivity (Wildman–Crippen MR) is 63.4 cm³/mol. The zero-order chi connectivity index (χ0) is 11.3. The Kier molecular flexibility index (Phi) is 4.13. The summed E-state index contributed by atoms with van der Waals surface area (Å²) in [7, 11) is 1.67. The number of thiophene rings is 1. The first kappa shape index (κ1) is 11.5. The summed E-state index contributed by atoms with van der Waals surface area (Å²) < 4.78 is 0. The Morgan fingerprint density at radius 2 is 2.47 bits per heavy atom. The van der Waals surface area contributed by atoms with Gasteiger partial charge in [-0.1, -0.05) is 11.3 Å². The Morgan fingerprint density at radius 1 is 1.73 bits per heavy atom. The molecule has 8 heteroatoms. The summed E-state index contributed by atoms with van der Waals surface area (Å²) >= 11 is 5.82. The first-order chi connectivity index (χ1) is 7.13. The molecular formula is C7H8N4O2S2. The standard InChI is InChI=1S/C7H8N4O2S2/c1-8-7(14)10-9-4-5-2-3-6(15-5)11(12)13/h2-4H,1H3,(H2,8,10,14)/b9-4-. The molecule has 1 aromatic heterocycles. The third kappa shape index (κ3) is 3.60. The Bertz CT molecular complexity index is 401. The number of nitrogens with one attached hydrogen (secondary N) is 2. The fraction of sp³-hybridized carbons (Fsp3) is 0.143. The van der Waals surface area contributed by atoms with Gasteiger partial charge in [0.15, 0.2) is 5.11 Å². The van der Waals surface area contributed by atoms with Gasteiger partial charge in [0.1, 0.15) is 0 Å². The largest absolute Gasteiger partial charge is 0.364 e. The molecule has 15 heavy (non-hydrogen) atoms. The molecule has 0 spiro atoms. The number of hydrogen-bond donors (Lipinski definition) is 2. The molecule has 6 nitrogen and oxygen atoms in total. The molecule has 1 heterocycles. The number of rotatable bonds is 3. The van der Waals surface area contributed by atoms with Crippen molar-refractivity contribution in [2.75, 3.05) is 7.05 Å². The lowest BCUT2D eigenvalue weighted by atomic mass is 10.5. The SMILES string of the molecule is CNC(=S)N/N=C\c1ccc([N+](=O)[O-])s1. The van der Waals surface area contributed by atoms with Gasteiger partial charge >= 0.3 is 5.00 Å². The fourth-order valence-electron chi connectivity index (χ4n) is 0.720. The maximum absolute atomic E-state index is 10.4. The molecule has 0 saturated carbocycles. The van der Waals surface area contributed by atoms with Gasteiger partial charge in [-0.15, -0.1) is 0 Å². The number of hydrogen-bond acceptors (Lipinski definition) is 5. The van der Waals surface area contributed by atoms with Crippen molar-refractivity contribution in [2.24, 2.45) is 5.10 Å². The Morgan fingerprint density at radius 3 is 3.00 bits per heavy atom. The van der Waals surface area contributed by atoms with Crippen molar-refractivity contribution in [3.63, 3.8) is 0 Å². The lowest BCUT2D eigenvalue weighted by Crippen LogP contribution is -2.28. The van der Waals surface area contributed by atoms with Gasteiger partial charge < -0.3 is 5.32 Å². The van der Waals surface area contributed by atoms with Crippen molar-refractivity contribution >= 4 is 39.9 Å². The van der Waals surface area contributed by atoms with E-state index in [0.29, 0.717) is 9.99 Å². The summed E-state index contributed by atoms with van der Waals surface area (Å²) in [5.41, 5.74) is 2.55. The maximum atomic E-state index is 10.4. The molecule has 2 N–H and O–H groups in total. The monoisotopic (exact) mass is 244 g/mol. The van der Waals surface area contributed by atoms with E-state index in [0.717, 1.165) is 11.3 Å². The average molecular weight is 244 g/mol. The van der Waals surface area contributed by atoms with Crippen molar-refractivity contribution in [3.05, 3.63) is 27.1 Å². The van der Waals surface area contributed by atoms with Crippen LogP contribution in [0.1, 0.15) is 4.88 Å². The van der Waals surface area contributed by atoms with E-state index in [9.17, 15) is 10.1 Å². The van der Waals surface area contributed by atoms with E-state index in [-0.39, 0.29) is 5.00 Å². The van der Waals surface area contributed by atoms with Crippen molar-refractivity contribution < 1.29 is 4.92 Å². The highest BCUT2D eigenvalue weighted by Crippen LogP contribution is 2.22. The highest BCUT2D eigenvalue weighted by atomic mass is 32.1. The molecule has 0 unspecified atom stereocenters. The minimum atomic E-state index is -0.437. The van der Waals surface area contributed by atoms with E-state index in [2.05, 4.69) is 15.8 Å². The summed E-state index contributed by atoms with van der Waals surface area (Å²) in [5, 5.41) is 17.3. The van der Waals surface area contributed by atoms with Gasteiger partial charge in [-0.2, -0.15) is 5.10 Å². The van der Waals surface area contributed by atoms with Crippen LogP contribution in [-0.4, -0.2) is 23.3 Å². The number of nitro groups is 1. The molecular weight excluding hydrogens is 236 g/mol. The Hall–Kier alpha value is -1.54. The third-order valence-corrected chi connectivity index (χ3v) is 2.64. The molecule has 80 valence electrons. The van der Waals surface area contributed by atoms with Crippen LogP contribution in [0.4, 0.5) is 5.00 Å². The average Bonchev–Trinajstić information content (AvgIpc) is 2.66. The highest BCUT2D eigenvalue weighted by Gasteiger charge is 2.07. The molecule has 0 amide bonds. The maximum Gasteiger partial charge on any atom is 0.324 e. The second-order valence-electron chi connectivity index (χ2n) is 2.38. The van der Waals surface area contributed by atoms with E-state index in [4.69, 9.17) is 12.2 Å². The molecule has 0 radical (unpaired) electrons. The lowest BCUT2D eigenvalue weighted by molar-refractivity contribution is -0.380. The van der Waals surface area contributed by atoms with Crippen LogP contribution in [0.25, 0.3) is 0 Å². The highest BCUT2D eigenvalue weighted by molar-refractivity contribution is 7.80. The van der Waals surface area contributed by atoms with E-state index < -0.39 is 4.92 Å². The van der Waals surface area contributed by atoms with Gasteiger partial charge in [0.25, 0.3) is 0 Å². The van der Waals surface area contributed by atoms with Crippen molar-refractivity contribution in [1.29, 1.82) is 0 Å². The fourth-order valence-corrected chi connectivity index (χ4v) is 1.47. The molecule has 0 fully saturated rings. The molecule has 1 rings (SSSR count). The van der Waals surface area contributed by atoms with Crippen LogP contribution in [0.2, 0.25) is 0 Å². The number of nitrogens with zero attached hydrogens (tertiary/aromatic N) is 2. The zero-order valence-corrected chi connectivity index (χ0v) is 9.39. The first-order valence-corrected chi connectivity index (χ1v) is 5.11. The molecule has 0 atom stereocenters. The molecule has 0 aliphatic heterocycles. The second-order valence-corrected chi connectivity index (χ2v) is 3.88. The summed E-state index contributed by atoms with van der Waals surface area (Å²) in [4.78, 5) is 10.6. The second kappa shape index (κ2) is 5.37. The van der Waals surface area contributed by atoms with Gasteiger partial charge in [0.05, 0.1) is 16.0 Å². The van der Waals surface area contributed by atoms with Crippen LogP contribution < -0.4 is 10.7 Å². The molecule has 0 aromatic carbocycles. The zero-order valence-electron chi connectivity index (χ0n) is 7.76. The van der Waals surface area contributed by atoms with Crippen molar-refractivity contribution in [1.82, 2.24) is 10.7 Å². The van der Waals surface area contributed by atoms with E-state index in [1.54, 1.807) is 13.1 Å². The summed E-state index contributed by atoms with van der Waals surface area (Å²) in [6.07, 6.45) is 1.47. The summed E-state index contributed by atoms with van der Waals surface area (Å²) in [6.45, 7) is 0. The van der Waals surface area contributed by atoms with E-state index in [1.807, 2.05) is 0 Å². The Balaban J connectivity index is 2.57. The van der Waals surface area contributed by atoms with Crippen LogP contribution in [0.3, 0.4) is 0 Å². The van der Waals surface area contributed by atoms with Gasteiger partial charge in [0, 0.05) is 13.1 Å². The predicted octanol–water partition coefficient (Wildman–Crippen LogP) is 1.08. The first-order valence-electron chi connectivity index (χ1n) is 3.88. The molecule has 0 aliphatic rings. The molecule has 0 saturated heterocycles. The third-order valence-electron chi connectivity index (χ3n) is 1.38. The van der Waals surface area contributed by atoms with Crippen LogP contribution in [0.5, 0.6) is 0 Å². The minimum absolute atomic E-state index is 0.0904. The van der Waals surface area contributed by atoms with E-state index in [1.165, 1.54) is 12.3 Å². The Labute approximate surface area is 95.1 Å². The minimum Gasteiger partial charge on any atom is -0.364 e. The van der Waals surface area contributed by atoms with Gasteiger partial charge in [-0.3, -0.25) is 15.5 Å². The van der Waals surface area contributed by atoms with Crippen LogP contribution in [0, 0.1) is 10.1 Å². The van der Waals surface area contributed by atoms with Crippen LogP contribution in [0.15, 0.2) is 17.2 Å². The summed E-state index contributed by atoms with van der Waals surface area (Å²) in [6, 6.07) is 3.05. The topological polar surface area (TPSA) is 79.6 Å². The summed E-state index contributed by atoms with van der Waals surface area (Å²) in [5.74, 6) is 0. The smallest absolute Gasteiger partial charge is 0.324 e. The number of thiocarbonyl (C=S) groups is 1. The van der Waals surface area contributed by atoms with Crippen molar-refractivity contribution in [3.8, 4) is 0 Å². The normalized spacial score (nSPS) is 10.2. The molecule has 1 aromatic rings. The van der Waals surface area contributed by atoms with Gasteiger partial charge in [-0.05, 0) is 18.3 Å². The lowest BCUT2D eigenvalue weighted by Gasteiger charge is -1.97. The quantitative estimate of drug-likeness (QED) is 0.360. The van der Waals surface area contributed by atoms with Crippen molar-refractivity contribution in [2.45, 2.75) is 0 Å². The van der Waals surface area contributed by atoms with Crippen LogP contribution >= 0.6 is 23.6 Å². The molecule has 0 aliphatic carbocycles. The van der Waals surface area contributed by atoms with Crippen LogP contribution in [-0.2, 0) is 0 Å². The van der Waals surface area contributed by atoms with Gasteiger partial charge in [0.2, 0.25) is 0 Å². The van der Waals surface area contributed by atoms with E-state index >= 15 is 0 Å². The van der Waals surface area contributed by atoms with Gasteiger partial charge in [-0.25, -0.2) is 0 Å².